The molecule has 2 amide bonds. The average Bonchev–Trinajstić information content (AvgIpc) is 3.42. The van der Waals surface area contributed by atoms with E-state index in [0.29, 0.717) is 51.0 Å². The van der Waals surface area contributed by atoms with Crippen LogP contribution in [0, 0.1) is 6.92 Å². The van der Waals surface area contributed by atoms with E-state index < -0.39 is 5.91 Å². The quantitative estimate of drug-likeness (QED) is 0.0950. The van der Waals surface area contributed by atoms with Crippen molar-refractivity contribution >= 4 is 46.1 Å². The molecule has 0 atom stereocenters. The van der Waals surface area contributed by atoms with Crippen LogP contribution in [0.3, 0.4) is 0 Å². The number of nitrogens with one attached hydrogen (secondary N) is 2. The highest BCUT2D eigenvalue weighted by Crippen LogP contribution is 2.36. The lowest BCUT2D eigenvalue weighted by atomic mass is 9.87. The Kier molecular flexibility index (Phi) is 11.5. The van der Waals surface area contributed by atoms with Gasteiger partial charge in [-0.1, -0.05) is 74.0 Å². The number of ether oxygens (including phenoxy) is 3. The molecule has 0 saturated heterocycles. The van der Waals surface area contributed by atoms with Crippen molar-refractivity contribution in [3.05, 3.63) is 92.9 Å². The van der Waals surface area contributed by atoms with Gasteiger partial charge in [0, 0.05) is 5.56 Å². The van der Waals surface area contributed by atoms with Crippen molar-refractivity contribution in [2.24, 2.45) is 5.10 Å². The first-order valence-electron chi connectivity index (χ1n) is 14.4. The summed E-state index contributed by atoms with van der Waals surface area (Å²) >= 11 is 7.64. The van der Waals surface area contributed by atoms with Crippen molar-refractivity contribution in [2.45, 2.75) is 46.5 Å². The molecular formula is C33H36ClN5O5S. The first-order valence-corrected chi connectivity index (χ1v) is 15.6. The van der Waals surface area contributed by atoms with Crippen molar-refractivity contribution in [3.8, 4) is 17.2 Å². The number of aryl methyl sites for hydroxylation is 1. The normalized spacial score (nSPS) is 11.3. The smallest absolute Gasteiger partial charge is 0.257 e. The van der Waals surface area contributed by atoms with Crippen molar-refractivity contribution in [3.63, 3.8) is 0 Å². The molecule has 10 nitrogen and oxygen atoms in total. The largest absolute Gasteiger partial charge is 0.490 e. The van der Waals surface area contributed by atoms with Crippen molar-refractivity contribution in [1.29, 1.82) is 0 Å². The number of rotatable bonds is 13. The predicted octanol–water partition coefficient (Wildman–Crippen LogP) is 6.60. The Morgan fingerprint density at radius 2 is 1.73 bits per heavy atom. The fourth-order valence-corrected chi connectivity index (χ4v) is 5.15. The van der Waals surface area contributed by atoms with Gasteiger partial charge < -0.3 is 14.2 Å². The zero-order valence-electron chi connectivity index (χ0n) is 25.8. The van der Waals surface area contributed by atoms with Crippen LogP contribution in [-0.4, -0.2) is 48.0 Å². The van der Waals surface area contributed by atoms with Gasteiger partial charge in [0.25, 0.3) is 5.91 Å². The summed E-state index contributed by atoms with van der Waals surface area (Å²) in [6, 6.07) is 18.6. The van der Waals surface area contributed by atoms with Gasteiger partial charge in [0.1, 0.15) is 24.0 Å². The number of anilines is 1. The summed E-state index contributed by atoms with van der Waals surface area (Å²) in [6.45, 7) is 11.2. The van der Waals surface area contributed by atoms with Gasteiger partial charge in [-0.2, -0.15) is 5.10 Å². The average molecular weight is 650 g/mol. The molecule has 4 aromatic rings. The molecule has 0 radical (unpaired) electrons. The Balaban J connectivity index is 1.28. The van der Waals surface area contributed by atoms with Crippen LogP contribution < -0.4 is 25.0 Å². The summed E-state index contributed by atoms with van der Waals surface area (Å²) < 4.78 is 17.5. The maximum absolute atomic E-state index is 12.5. The van der Waals surface area contributed by atoms with Crippen molar-refractivity contribution in [2.75, 3.05) is 25.1 Å². The fourth-order valence-electron chi connectivity index (χ4n) is 4.14. The number of amides is 2. The minimum Gasteiger partial charge on any atom is -0.490 e. The van der Waals surface area contributed by atoms with Gasteiger partial charge in [-0.15, -0.1) is 10.2 Å². The van der Waals surface area contributed by atoms with Crippen molar-refractivity contribution in [1.82, 2.24) is 15.6 Å². The number of hydrogen-bond acceptors (Lipinski definition) is 9. The summed E-state index contributed by atoms with van der Waals surface area (Å²) in [5, 5.41) is 15.8. The molecule has 0 aliphatic heterocycles. The molecule has 236 valence electrons. The second-order valence-corrected chi connectivity index (χ2v) is 12.4. The minimum absolute atomic E-state index is 0.0597. The molecule has 0 saturated carbocycles. The van der Waals surface area contributed by atoms with Crippen LogP contribution in [0.5, 0.6) is 17.2 Å². The summed E-state index contributed by atoms with van der Waals surface area (Å²) in [7, 11) is 0. The van der Waals surface area contributed by atoms with E-state index in [9.17, 15) is 9.59 Å². The summed E-state index contributed by atoms with van der Waals surface area (Å²) in [5.41, 5.74) is 5.76. The Morgan fingerprint density at radius 1 is 1.00 bits per heavy atom. The molecule has 0 aliphatic carbocycles. The lowest BCUT2D eigenvalue weighted by Crippen LogP contribution is -2.19. The molecule has 2 N–H and O–H groups in total. The van der Waals surface area contributed by atoms with E-state index in [1.54, 1.807) is 24.3 Å². The molecule has 1 heterocycles. The monoisotopic (exact) mass is 649 g/mol. The Hall–Kier alpha value is -4.48. The molecule has 12 heteroatoms. The maximum atomic E-state index is 12.5. The third-order valence-electron chi connectivity index (χ3n) is 6.44. The van der Waals surface area contributed by atoms with E-state index in [4.69, 9.17) is 25.8 Å². The number of hydrazone groups is 1. The Bertz CT molecular complexity index is 1650. The van der Waals surface area contributed by atoms with Gasteiger partial charge in [0.2, 0.25) is 11.0 Å². The van der Waals surface area contributed by atoms with E-state index in [-0.39, 0.29) is 24.3 Å². The molecule has 0 aliphatic rings. The lowest BCUT2D eigenvalue weighted by molar-refractivity contribution is -0.120. The number of aromatic nitrogens is 2. The summed E-state index contributed by atoms with van der Waals surface area (Å²) in [5.74, 6) is 0.909. The molecular weight excluding hydrogens is 614 g/mol. The first-order chi connectivity index (χ1) is 21.5. The summed E-state index contributed by atoms with van der Waals surface area (Å²) in [4.78, 5) is 24.9. The Labute approximate surface area is 271 Å². The maximum Gasteiger partial charge on any atom is 0.257 e. The van der Waals surface area contributed by atoms with Crippen LogP contribution >= 0.6 is 22.9 Å². The number of benzene rings is 3. The second-order valence-electron chi connectivity index (χ2n) is 11.0. The van der Waals surface area contributed by atoms with E-state index in [1.165, 1.54) is 11.8 Å². The number of nitrogens with zero attached hydrogens (tertiary/aromatic N) is 3. The molecule has 0 fully saturated rings. The SMILES string of the molecule is CCOc1cc(C=NNC(=O)Cc2nnc(NC(=O)c3ccccc3C)s2)cc(Cl)c1OCCOc1ccc(C(C)(C)C)cc1. The number of carbonyl (C=O) groups excluding carboxylic acids is 2. The number of halogens is 1. The second kappa shape index (κ2) is 15.5. The van der Waals surface area contributed by atoms with Gasteiger partial charge in [0.15, 0.2) is 11.5 Å². The fraction of sp³-hybridized carbons (Fsp3) is 0.303. The highest BCUT2D eigenvalue weighted by molar-refractivity contribution is 7.15. The third-order valence-corrected chi connectivity index (χ3v) is 7.56. The van der Waals surface area contributed by atoms with Crippen molar-refractivity contribution < 1.29 is 23.8 Å². The van der Waals surface area contributed by atoms with Gasteiger partial charge >= 0.3 is 0 Å². The highest BCUT2D eigenvalue weighted by Gasteiger charge is 2.16. The van der Waals surface area contributed by atoms with Crippen LogP contribution in [0.4, 0.5) is 5.13 Å². The van der Waals surface area contributed by atoms with E-state index in [1.807, 2.05) is 38.1 Å². The molecule has 0 unspecified atom stereocenters. The third kappa shape index (κ3) is 9.75. The zero-order valence-corrected chi connectivity index (χ0v) is 27.4. The molecule has 1 aromatic heterocycles. The lowest BCUT2D eigenvalue weighted by Gasteiger charge is -2.19. The Morgan fingerprint density at radius 3 is 2.44 bits per heavy atom. The van der Waals surface area contributed by atoms with Gasteiger partial charge in [-0.25, -0.2) is 5.43 Å². The molecule has 0 spiro atoms. The van der Waals surface area contributed by atoms with E-state index in [0.717, 1.165) is 22.6 Å². The predicted molar refractivity (Wildman–Crippen MR) is 177 cm³/mol. The van der Waals surface area contributed by atoms with Gasteiger partial charge in [0.05, 0.1) is 24.3 Å². The molecule has 4 rings (SSSR count). The van der Waals surface area contributed by atoms with E-state index >= 15 is 0 Å². The number of hydrogen-bond donors (Lipinski definition) is 2. The van der Waals surface area contributed by atoms with Gasteiger partial charge in [-0.05, 0) is 66.3 Å². The van der Waals surface area contributed by atoms with Crippen LogP contribution in [0.25, 0.3) is 0 Å². The minimum atomic E-state index is -0.400. The van der Waals surface area contributed by atoms with Crippen LogP contribution in [0.15, 0.2) is 65.8 Å². The number of carbonyl (C=O) groups is 2. The summed E-state index contributed by atoms with van der Waals surface area (Å²) in [6.07, 6.45) is 1.39. The van der Waals surface area contributed by atoms with Gasteiger partial charge in [-0.3, -0.25) is 14.9 Å². The zero-order chi connectivity index (χ0) is 32.4. The topological polar surface area (TPSA) is 124 Å². The molecule has 3 aromatic carbocycles. The highest BCUT2D eigenvalue weighted by atomic mass is 35.5. The molecule has 0 bridgehead atoms. The van der Waals surface area contributed by atoms with Crippen LogP contribution in [0.1, 0.15) is 59.8 Å². The standard InChI is InChI=1S/C33H36ClN5O5S/c1-6-42-27-18-22(17-26(34)30(27)44-16-15-43-24-13-11-23(12-14-24)33(3,4)5)20-35-37-28(40)19-29-38-39-32(45-29)36-31(41)25-10-8-7-9-21(25)2/h7-14,17-18,20H,6,15-16,19H2,1-5H3,(H,37,40)(H,36,39,41). The van der Waals surface area contributed by atoms with E-state index in [2.05, 4.69) is 58.9 Å². The van der Waals surface area contributed by atoms with Crippen LogP contribution in [-0.2, 0) is 16.6 Å². The molecule has 45 heavy (non-hydrogen) atoms. The van der Waals surface area contributed by atoms with Crippen LogP contribution in [0.2, 0.25) is 5.02 Å². The first kappa shape index (κ1) is 33.4.